The van der Waals surface area contributed by atoms with E-state index in [0.717, 1.165) is 16.5 Å². The molecule has 1 aromatic carbocycles. The van der Waals surface area contributed by atoms with Crippen molar-refractivity contribution in [1.29, 1.82) is 0 Å². The van der Waals surface area contributed by atoms with Crippen molar-refractivity contribution < 1.29 is 5.11 Å². The molecule has 2 nitrogen and oxygen atoms in total. The van der Waals surface area contributed by atoms with Crippen LogP contribution in [0.25, 0.3) is 0 Å². The molecule has 2 atom stereocenters. The van der Waals surface area contributed by atoms with Gasteiger partial charge in [-0.3, -0.25) is 0 Å². The zero-order chi connectivity index (χ0) is 13.1. The second-order valence-electron chi connectivity index (χ2n) is 4.95. The van der Waals surface area contributed by atoms with Crippen molar-refractivity contribution in [3.05, 3.63) is 34.3 Å². The van der Waals surface area contributed by atoms with Gasteiger partial charge in [-0.25, -0.2) is 0 Å². The summed E-state index contributed by atoms with van der Waals surface area (Å²) in [5, 5.41) is 10.4. The van der Waals surface area contributed by atoms with Crippen LogP contribution in [0.2, 0.25) is 0 Å². The van der Waals surface area contributed by atoms with E-state index >= 15 is 0 Å². The molecule has 0 aliphatic heterocycles. The minimum atomic E-state index is -0.364. The molecule has 0 radical (unpaired) electrons. The Balaban J connectivity index is 2.81. The zero-order valence-corrected chi connectivity index (χ0v) is 12.7. The van der Waals surface area contributed by atoms with E-state index in [0.29, 0.717) is 6.42 Å². The number of likely N-dealkylation sites (N-methyl/N-ethyl adjacent to an activating group) is 1. The van der Waals surface area contributed by atoms with Crippen LogP contribution in [0.1, 0.15) is 25.8 Å². The van der Waals surface area contributed by atoms with Crippen molar-refractivity contribution >= 4 is 15.9 Å². The predicted octanol–water partition coefficient (Wildman–Crippen LogP) is 3.08. The van der Waals surface area contributed by atoms with Gasteiger partial charge in [0.05, 0.1) is 6.10 Å². The SMILES string of the molecule is CCC(C)(C(O)Cc1cccc(Br)c1)N(C)C. The van der Waals surface area contributed by atoms with Gasteiger partial charge < -0.3 is 10.0 Å². The number of rotatable bonds is 5. The molecule has 0 aromatic heterocycles. The van der Waals surface area contributed by atoms with Crippen LogP contribution in [0.5, 0.6) is 0 Å². The highest BCUT2D eigenvalue weighted by molar-refractivity contribution is 9.10. The fourth-order valence-corrected chi connectivity index (χ4v) is 2.40. The highest BCUT2D eigenvalue weighted by Crippen LogP contribution is 2.24. The maximum absolute atomic E-state index is 10.4. The summed E-state index contributed by atoms with van der Waals surface area (Å²) in [6.45, 7) is 4.22. The van der Waals surface area contributed by atoms with Crippen LogP contribution in [-0.4, -0.2) is 35.7 Å². The Hall–Kier alpha value is -0.380. The summed E-state index contributed by atoms with van der Waals surface area (Å²) < 4.78 is 1.06. The molecule has 0 heterocycles. The summed E-state index contributed by atoms with van der Waals surface area (Å²) in [6, 6.07) is 8.13. The van der Waals surface area contributed by atoms with E-state index in [1.165, 1.54) is 0 Å². The molecule has 0 aliphatic carbocycles. The van der Waals surface area contributed by atoms with Crippen LogP contribution in [0, 0.1) is 0 Å². The lowest BCUT2D eigenvalue weighted by atomic mass is 9.86. The van der Waals surface area contributed by atoms with Gasteiger partial charge in [-0.1, -0.05) is 35.0 Å². The smallest absolute Gasteiger partial charge is 0.0761 e. The lowest BCUT2D eigenvalue weighted by Crippen LogP contribution is -2.51. The molecule has 1 N–H and O–H groups in total. The van der Waals surface area contributed by atoms with E-state index in [-0.39, 0.29) is 11.6 Å². The second-order valence-corrected chi connectivity index (χ2v) is 5.87. The van der Waals surface area contributed by atoms with E-state index in [4.69, 9.17) is 0 Å². The molecule has 0 bridgehead atoms. The van der Waals surface area contributed by atoms with Crippen LogP contribution in [0.4, 0.5) is 0 Å². The Morgan fingerprint density at radius 2 is 2.06 bits per heavy atom. The van der Waals surface area contributed by atoms with Gasteiger partial charge in [0, 0.05) is 16.4 Å². The van der Waals surface area contributed by atoms with Gasteiger partial charge in [0.25, 0.3) is 0 Å². The number of halogens is 1. The number of hydrogen-bond donors (Lipinski definition) is 1. The number of benzene rings is 1. The van der Waals surface area contributed by atoms with Gasteiger partial charge in [-0.05, 0) is 45.1 Å². The summed E-state index contributed by atoms with van der Waals surface area (Å²) in [5.74, 6) is 0. The van der Waals surface area contributed by atoms with E-state index in [1.807, 2.05) is 26.2 Å². The number of aliphatic hydroxyl groups is 1. The molecule has 3 heteroatoms. The monoisotopic (exact) mass is 299 g/mol. The van der Waals surface area contributed by atoms with E-state index in [1.54, 1.807) is 0 Å². The topological polar surface area (TPSA) is 23.5 Å². The number of nitrogens with zero attached hydrogens (tertiary/aromatic N) is 1. The first-order valence-electron chi connectivity index (χ1n) is 6.00. The maximum Gasteiger partial charge on any atom is 0.0761 e. The molecule has 17 heavy (non-hydrogen) atoms. The average molecular weight is 300 g/mol. The minimum Gasteiger partial charge on any atom is -0.391 e. The first-order valence-corrected chi connectivity index (χ1v) is 6.79. The third kappa shape index (κ3) is 3.54. The lowest BCUT2D eigenvalue weighted by Gasteiger charge is -2.40. The van der Waals surface area contributed by atoms with Crippen molar-refractivity contribution in [1.82, 2.24) is 4.90 Å². The van der Waals surface area contributed by atoms with Crippen molar-refractivity contribution in [3.63, 3.8) is 0 Å². The Kier molecular flexibility index (Phi) is 5.17. The van der Waals surface area contributed by atoms with Gasteiger partial charge in [0.15, 0.2) is 0 Å². The zero-order valence-electron chi connectivity index (χ0n) is 11.1. The van der Waals surface area contributed by atoms with Crippen molar-refractivity contribution in [3.8, 4) is 0 Å². The van der Waals surface area contributed by atoms with Gasteiger partial charge in [0.2, 0.25) is 0 Å². The van der Waals surface area contributed by atoms with Crippen molar-refractivity contribution in [2.75, 3.05) is 14.1 Å². The van der Waals surface area contributed by atoms with Crippen LogP contribution in [-0.2, 0) is 6.42 Å². The predicted molar refractivity (Wildman–Crippen MR) is 76.2 cm³/mol. The summed E-state index contributed by atoms with van der Waals surface area (Å²) >= 11 is 3.46. The Bertz CT molecular complexity index is 367. The molecule has 0 fully saturated rings. The summed E-state index contributed by atoms with van der Waals surface area (Å²) in [4.78, 5) is 2.11. The second kappa shape index (κ2) is 5.98. The fraction of sp³-hybridized carbons (Fsp3) is 0.571. The van der Waals surface area contributed by atoms with E-state index in [2.05, 4.69) is 46.8 Å². The first-order chi connectivity index (χ1) is 7.90. The Labute approximate surface area is 113 Å². The lowest BCUT2D eigenvalue weighted by molar-refractivity contribution is 0.00300. The van der Waals surface area contributed by atoms with E-state index in [9.17, 15) is 5.11 Å². The standard InChI is InChI=1S/C14H22BrNO/c1-5-14(2,16(3)4)13(17)10-11-7-6-8-12(15)9-11/h6-9,13,17H,5,10H2,1-4H3. The largest absolute Gasteiger partial charge is 0.391 e. The van der Waals surface area contributed by atoms with Gasteiger partial charge in [-0.2, -0.15) is 0 Å². The molecule has 1 rings (SSSR count). The molecular weight excluding hydrogens is 278 g/mol. The van der Waals surface area contributed by atoms with Crippen LogP contribution >= 0.6 is 15.9 Å². The van der Waals surface area contributed by atoms with Gasteiger partial charge >= 0.3 is 0 Å². The Morgan fingerprint density at radius 3 is 2.53 bits per heavy atom. The highest BCUT2D eigenvalue weighted by atomic mass is 79.9. The van der Waals surface area contributed by atoms with Gasteiger partial charge in [0.1, 0.15) is 0 Å². The van der Waals surface area contributed by atoms with Crippen LogP contribution in [0.3, 0.4) is 0 Å². The summed E-state index contributed by atoms with van der Waals surface area (Å²) in [5.41, 5.74) is 0.982. The third-order valence-electron chi connectivity index (χ3n) is 3.77. The average Bonchev–Trinajstić information content (AvgIpc) is 2.27. The molecule has 0 aliphatic rings. The third-order valence-corrected chi connectivity index (χ3v) is 4.27. The molecule has 1 aromatic rings. The normalized spacial score (nSPS) is 16.9. The molecule has 2 unspecified atom stereocenters. The Morgan fingerprint density at radius 1 is 1.41 bits per heavy atom. The fourth-order valence-electron chi connectivity index (χ4n) is 1.96. The first kappa shape index (κ1) is 14.7. The molecular formula is C14H22BrNO. The van der Waals surface area contributed by atoms with Crippen LogP contribution in [0.15, 0.2) is 28.7 Å². The van der Waals surface area contributed by atoms with Crippen molar-refractivity contribution in [2.24, 2.45) is 0 Å². The minimum absolute atomic E-state index is 0.178. The molecule has 0 amide bonds. The van der Waals surface area contributed by atoms with Crippen molar-refractivity contribution in [2.45, 2.75) is 38.3 Å². The highest BCUT2D eigenvalue weighted by Gasteiger charge is 2.33. The molecule has 0 spiro atoms. The van der Waals surface area contributed by atoms with Gasteiger partial charge in [-0.15, -0.1) is 0 Å². The maximum atomic E-state index is 10.4. The number of hydrogen-bond acceptors (Lipinski definition) is 2. The van der Waals surface area contributed by atoms with E-state index < -0.39 is 0 Å². The molecule has 96 valence electrons. The summed E-state index contributed by atoms with van der Waals surface area (Å²) in [6.07, 6.45) is 1.24. The molecule has 0 saturated carbocycles. The summed E-state index contributed by atoms with van der Waals surface area (Å²) in [7, 11) is 4.04. The number of aliphatic hydroxyl groups excluding tert-OH is 1. The molecule has 0 saturated heterocycles. The van der Waals surface area contributed by atoms with Crippen LogP contribution < -0.4 is 0 Å². The quantitative estimate of drug-likeness (QED) is 0.903.